The second-order valence-electron chi connectivity index (χ2n) is 5.46. The molecule has 7 heteroatoms. The van der Waals surface area contributed by atoms with E-state index in [9.17, 15) is 9.59 Å². The minimum absolute atomic E-state index is 0.192. The largest absolute Gasteiger partial charge is 0.454 e. The summed E-state index contributed by atoms with van der Waals surface area (Å²) in [5, 5.41) is 3.04. The highest BCUT2D eigenvalue weighted by Crippen LogP contribution is 2.34. The van der Waals surface area contributed by atoms with Crippen LogP contribution in [0.3, 0.4) is 0 Å². The molecule has 0 radical (unpaired) electrons. The fourth-order valence-corrected chi connectivity index (χ4v) is 2.60. The zero-order valence-corrected chi connectivity index (χ0v) is 14.2. The lowest BCUT2D eigenvalue weighted by Crippen LogP contribution is -2.31. The first-order chi connectivity index (χ1) is 12.0. The van der Waals surface area contributed by atoms with Crippen LogP contribution < -0.4 is 14.8 Å². The van der Waals surface area contributed by atoms with Crippen molar-refractivity contribution in [3.8, 4) is 11.5 Å². The van der Waals surface area contributed by atoms with Gasteiger partial charge in [0.1, 0.15) is 0 Å². The fourth-order valence-electron chi connectivity index (χ4n) is 2.38. The second-order valence-corrected chi connectivity index (χ2v) is 5.87. The number of fused-ring (bicyclic) bond motifs is 1. The van der Waals surface area contributed by atoms with Crippen LogP contribution >= 0.6 is 11.6 Å². The van der Waals surface area contributed by atoms with E-state index in [-0.39, 0.29) is 30.0 Å². The van der Waals surface area contributed by atoms with Gasteiger partial charge in [0.05, 0.1) is 16.6 Å². The summed E-state index contributed by atoms with van der Waals surface area (Å²) in [6.07, 6.45) is 0. The molecule has 1 atom stereocenters. The molecule has 0 bridgehead atoms. The molecule has 6 nitrogen and oxygen atoms in total. The number of hydrogen-bond acceptors (Lipinski definition) is 5. The monoisotopic (exact) mass is 361 g/mol. The average Bonchev–Trinajstić information content (AvgIpc) is 3.07. The maximum absolute atomic E-state index is 12.0. The summed E-state index contributed by atoms with van der Waals surface area (Å²) >= 11 is 5.92. The fraction of sp³-hybridized carbons (Fsp3) is 0.222. The van der Waals surface area contributed by atoms with Crippen molar-refractivity contribution in [2.24, 2.45) is 0 Å². The maximum Gasteiger partial charge on any atom is 0.340 e. The predicted molar refractivity (Wildman–Crippen MR) is 90.9 cm³/mol. The molecule has 0 aromatic heterocycles. The molecule has 0 fully saturated rings. The van der Waals surface area contributed by atoms with Crippen LogP contribution in [0.15, 0.2) is 42.5 Å². The van der Waals surface area contributed by atoms with Gasteiger partial charge in [0.2, 0.25) is 6.79 Å². The van der Waals surface area contributed by atoms with Crippen LogP contribution in [0.25, 0.3) is 0 Å². The third-order valence-electron chi connectivity index (χ3n) is 3.70. The maximum atomic E-state index is 12.0. The van der Waals surface area contributed by atoms with Crippen LogP contribution in [0.2, 0.25) is 5.02 Å². The van der Waals surface area contributed by atoms with Gasteiger partial charge in [-0.05, 0) is 36.8 Å². The molecule has 2 aromatic carbocycles. The average molecular weight is 362 g/mol. The molecule has 0 saturated carbocycles. The van der Waals surface area contributed by atoms with Gasteiger partial charge in [0.15, 0.2) is 18.1 Å². The van der Waals surface area contributed by atoms with Crippen LogP contribution in [0.5, 0.6) is 11.5 Å². The van der Waals surface area contributed by atoms with Crippen molar-refractivity contribution in [1.82, 2.24) is 5.32 Å². The van der Waals surface area contributed by atoms with Gasteiger partial charge >= 0.3 is 5.97 Å². The summed E-state index contributed by atoms with van der Waals surface area (Å²) in [5.41, 5.74) is 1.08. The van der Waals surface area contributed by atoms with Crippen molar-refractivity contribution >= 4 is 23.5 Å². The topological polar surface area (TPSA) is 73.9 Å². The number of ether oxygens (including phenoxy) is 3. The normalized spacial score (nSPS) is 13.2. The summed E-state index contributed by atoms with van der Waals surface area (Å²) in [5.74, 6) is 0.266. The standard InChI is InChI=1S/C18H16ClNO5/c1-11(12-6-7-15-16(8-12)25-10-24-15)20-17(21)9-23-18(22)13-4-2-3-5-14(13)19/h2-8,11H,9-10H2,1H3,(H,20,21). The molecule has 0 aliphatic carbocycles. The minimum atomic E-state index is -0.642. The van der Waals surface area contributed by atoms with E-state index in [0.29, 0.717) is 11.5 Å². The highest BCUT2D eigenvalue weighted by Gasteiger charge is 2.18. The molecule has 1 N–H and O–H groups in total. The highest BCUT2D eigenvalue weighted by molar-refractivity contribution is 6.33. The lowest BCUT2D eigenvalue weighted by atomic mass is 10.1. The third kappa shape index (κ3) is 4.03. The van der Waals surface area contributed by atoms with E-state index >= 15 is 0 Å². The van der Waals surface area contributed by atoms with Crippen LogP contribution in [0.1, 0.15) is 28.9 Å². The van der Waals surface area contributed by atoms with Crippen molar-refractivity contribution < 1.29 is 23.8 Å². The Labute approximate surface area is 149 Å². The SMILES string of the molecule is CC(NC(=O)COC(=O)c1ccccc1Cl)c1ccc2c(c1)OCO2. The smallest absolute Gasteiger partial charge is 0.340 e. The van der Waals surface area contributed by atoms with E-state index in [1.165, 1.54) is 6.07 Å². The molecule has 130 valence electrons. The Kier molecular flexibility index (Phi) is 5.09. The number of hydrogen-bond donors (Lipinski definition) is 1. The number of carbonyl (C=O) groups is 2. The molecule has 1 aliphatic heterocycles. The second kappa shape index (κ2) is 7.44. The van der Waals surface area contributed by atoms with Gasteiger partial charge < -0.3 is 19.5 Å². The number of rotatable bonds is 5. The van der Waals surface area contributed by atoms with Crippen LogP contribution in [0, 0.1) is 0 Å². The Morgan fingerprint density at radius 1 is 1.20 bits per heavy atom. The van der Waals surface area contributed by atoms with Crippen molar-refractivity contribution in [3.63, 3.8) is 0 Å². The van der Waals surface area contributed by atoms with Crippen molar-refractivity contribution in [3.05, 3.63) is 58.6 Å². The number of esters is 1. The Bertz CT molecular complexity index is 808. The van der Waals surface area contributed by atoms with Crippen LogP contribution in [-0.4, -0.2) is 25.3 Å². The lowest BCUT2D eigenvalue weighted by molar-refractivity contribution is -0.124. The van der Waals surface area contributed by atoms with E-state index in [4.69, 9.17) is 25.8 Å². The number of amides is 1. The number of halogens is 1. The zero-order chi connectivity index (χ0) is 17.8. The molecule has 3 rings (SSSR count). The molecular weight excluding hydrogens is 346 g/mol. The van der Waals surface area contributed by atoms with Crippen molar-refractivity contribution in [2.75, 3.05) is 13.4 Å². The highest BCUT2D eigenvalue weighted by atomic mass is 35.5. The van der Waals surface area contributed by atoms with Gasteiger partial charge in [0.25, 0.3) is 5.91 Å². The van der Waals surface area contributed by atoms with E-state index in [1.807, 2.05) is 19.1 Å². The van der Waals surface area contributed by atoms with Crippen LogP contribution in [0.4, 0.5) is 0 Å². The molecule has 1 unspecified atom stereocenters. The molecule has 1 amide bonds. The van der Waals surface area contributed by atoms with Gasteiger partial charge in [-0.3, -0.25) is 4.79 Å². The summed E-state index contributed by atoms with van der Waals surface area (Å²) in [6.45, 7) is 1.63. The number of carbonyl (C=O) groups excluding carboxylic acids is 2. The minimum Gasteiger partial charge on any atom is -0.454 e. The van der Waals surface area contributed by atoms with E-state index in [2.05, 4.69) is 5.32 Å². The Balaban J connectivity index is 1.54. The lowest BCUT2D eigenvalue weighted by Gasteiger charge is -2.15. The van der Waals surface area contributed by atoms with Gasteiger partial charge in [0, 0.05) is 0 Å². The molecule has 25 heavy (non-hydrogen) atoms. The zero-order valence-electron chi connectivity index (χ0n) is 13.5. The van der Waals surface area contributed by atoms with E-state index in [0.717, 1.165) is 5.56 Å². The third-order valence-corrected chi connectivity index (χ3v) is 4.03. The summed E-state index contributed by atoms with van der Waals surface area (Å²) in [6, 6.07) is 11.7. The van der Waals surface area contributed by atoms with Gasteiger partial charge in [-0.15, -0.1) is 0 Å². The summed E-state index contributed by atoms with van der Waals surface area (Å²) in [7, 11) is 0. The molecule has 1 aliphatic rings. The quantitative estimate of drug-likeness (QED) is 0.828. The number of benzene rings is 2. The summed E-state index contributed by atoms with van der Waals surface area (Å²) < 4.78 is 15.6. The van der Waals surface area contributed by atoms with Gasteiger partial charge in [-0.1, -0.05) is 29.8 Å². The Hall–Kier alpha value is -2.73. The van der Waals surface area contributed by atoms with Crippen LogP contribution in [-0.2, 0) is 9.53 Å². The molecule has 0 saturated heterocycles. The molecular formula is C18H16ClNO5. The predicted octanol–water partition coefficient (Wildman–Crippen LogP) is 3.10. The molecule has 1 heterocycles. The number of nitrogens with one attached hydrogen (secondary N) is 1. The van der Waals surface area contributed by atoms with Crippen molar-refractivity contribution in [1.29, 1.82) is 0 Å². The molecule has 2 aromatic rings. The first kappa shape index (κ1) is 17.1. The summed E-state index contributed by atoms with van der Waals surface area (Å²) in [4.78, 5) is 23.9. The first-order valence-corrected chi connectivity index (χ1v) is 8.03. The Morgan fingerprint density at radius 2 is 1.96 bits per heavy atom. The van der Waals surface area contributed by atoms with E-state index in [1.54, 1.807) is 24.3 Å². The molecule has 0 spiro atoms. The van der Waals surface area contributed by atoms with E-state index < -0.39 is 11.9 Å². The van der Waals surface area contributed by atoms with Gasteiger partial charge in [-0.2, -0.15) is 0 Å². The van der Waals surface area contributed by atoms with Gasteiger partial charge in [-0.25, -0.2) is 4.79 Å². The van der Waals surface area contributed by atoms with Crippen molar-refractivity contribution in [2.45, 2.75) is 13.0 Å². The first-order valence-electron chi connectivity index (χ1n) is 7.65. The Morgan fingerprint density at radius 3 is 2.76 bits per heavy atom.